The van der Waals surface area contributed by atoms with Crippen LogP contribution in [0.4, 0.5) is 0 Å². The maximum Gasteiger partial charge on any atom is 0.217 e. The Morgan fingerprint density at radius 3 is 2.80 bits per heavy atom. The highest BCUT2D eigenvalue weighted by atomic mass is 32.1. The monoisotopic (exact) mass is 219 g/mol. The van der Waals surface area contributed by atoms with Crippen molar-refractivity contribution in [1.29, 1.82) is 0 Å². The van der Waals surface area contributed by atoms with Gasteiger partial charge in [0.1, 0.15) is 0 Å². The van der Waals surface area contributed by atoms with Crippen LogP contribution in [-0.2, 0) is 4.79 Å². The lowest BCUT2D eigenvalue weighted by Crippen LogP contribution is -2.22. The molecule has 1 atom stereocenters. The molecule has 15 heavy (non-hydrogen) atoms. The third kappa shape index (κ3) is 2.18. The standard InChI is InChI=1S/C12H13NOS/c1-8(13-9(2)14)12-7-10-5-3-4-6-11(10)15-12/h3-8H,1-2H3,(H,13,14). The van der Waals surface area contributed by atoms with E-state index in [9.17, 15) is 4.79 Å². The Labute approximate surface area is 92.9 Å². The molecule has 0 radical (unpaired) electrons. The number of benzene rings is 1. The van der Waals surface area contributed by atoms with E-state index in [2.05, 4.69) is 23.5 Å². The minimum atomic E-state index is 0.0138. The predicted octanol–water partition coefficient (Wildman–Crippen LogP) is 3.10. The van der Waals surface area contributed by atoms with Crippen molar-refractivity contribution in [3.63, 3.8) is 0 Å². The molecule has 1 aromatic heterocycles. The number of hydrogen-bond acceptors (Lipinski definition) is 2. The van der Waals surface area contributed by atoms with Gasteiger partial charge in [0.2, 0.25) is 5.91 Å². The summed E-state index contributed by atoms with van der Waals surface area (Å²) in [6.07, 6.45) is 0. The van der Waals surface area contributed by atoms with E-state index in [0.29, 0.717) is 0 Å². The van der Waals surface area contributed by atoms with Gasteiger partial charge in [-0.3, -0.25) is 4.79 Å². The maximum atomic E-state index is 10.9. The number of hydrogen-bond donors (Lipinski definition) is 1. The molecule has 0 saturated carbocycles. The Kier molecular flexibility index (Phi) is 2.73. The lowest BCUT2D eigenvalue weighted by molar-refractivity contribution is -0.119. The van der Waals surface area contributed by atoms with Crippen molar-refractivity contribution in [3.8, 4) is 0 Å². The van der Waals surface area contributed by atoms with Crippen molar-refractivity contribution in [2.75, 3.05) is 0 Å². The number of carbonyl (C=O) groups excluding carboxylic acids is 1. The van der Waals surface area contributed by atoms with Crippen LogP contribution in [0.15, 0.2) is 30.3 Å². The first-order valence-electron chi connectivity index (χ1n) is 4.92. The summed E-state index contributed by atoms with van der Waals surface area (Å²) in [5.74, 6) is 0.0138. The fourth-order valence-electron chi connectivity index (χ4n) is 1.59. The Hall–Kier alpha value is -1.35. The second-order valence-electron chi connectivity index (χ2n) is 3.61. The van der Waals surface area contributed by atoms with Crippen molar-refractivity contribution in [2.45, 2.75) is 19.9 Å². The van der Waals surface area contributed by atoms with Gasteiger partial charge < -0.3 is 5.32 Å². The first-order valence-corrected chi connectivity index (χ1v) is 5.74. The molecule has 1 amide bonds. The van der Waals surface area contributed by atoms with Gasteiger partial charge >= 0.3 is 0 Å². The third-order valence-corrected chi connectivity index (χ3v) is 3.59. The average Bonchev–Trinajstić information content (AvgIpc) is 2.59. The van der Waals surface area contributed by atoms with Gasteiger partial charge in [-0.2, -0.15) is 0 Å². The van der Waals surface area contributed by atoms with E-state index < -0.39 is 0 Å². The summed E-state index contributed by atoms with van der Waals surface area (Å²) in [4.78, 5) is 12.1. The molecule has 0 spiro atoms. The van der Waals surface area contributed by atoms with E-state index in [4.69, 9.17) is 0 Å². The van der Waals surface area contributed by atoms with Crippen LogP contribution in [-0.4, -0.2) is 5.91 Å². The molecule has 1 heterocycles. The lowest BCUT2D eigenvalue weighted by atomic mass is 10.2. The molecule has 0 saturated heterocycles. The van der Waals surface area contributed by atoms with Gasteiger partial charge in [0.15, 0.2) is 0 Å². The molecule has 3 heteroatoms. The van der Waals surface area contributed by atoms with E-state index in [1.807, 2.05) is 19.1 Å². The summed E-state index contributed by atoms with van der Waals surface area (Å²) in [5, 5.41) is 4.14. The summed E-state index contributed by atoms with van der Waals surface area (Å²) in [6, 6.07) is 10.5. The van der Waals surface area contributed by atoms with Crippen molar-refractivity contribution in [1.82, 2.24) is 5.32 Å². The van der Waals surface area contributed by atoms with Gasteiger partial charge in [-0.25, -0.2) is 0 Å². The van der Waals surface area contributed by atoms with Gasteiger partial charge in [-0.05, 0) is 24.4 Å². The fraction of sp³-hybridized carbons (Fsp3) is 0.250. The second kappa shape index (κ2) is 4.03. The number of amides is 1. The van der Waals surface area contributed by atoms with Crippen LogP contribution < -0.4 is 5.32 Å². The number of carbonyl (C=O) groups is 1. The Morgan fingerprint density at radius 2 is 2.13 bits per heavy atom. The molecule has 0 aliphatic carbocycles. The average molecular weight is 219 g/mol. The smallest absolute Gasteiger partial charge is 0.217 e. The molecular weight excluding hydrogens is 206 g/mol. The SMILES string of the molecule is CC(=O)NC(C)c1cc2ccccc2s1. The molecular formula is C12H13NOS. The molecule has 0 bridgehead atoms. The number of nitrogens with one attached hydrogen (secondary N) is 1. The molecule has 0 fully saturated rings. The Balaban J connectivity index is 2.32. The van der Waals surface area contributed by atoms with Crippen LogP contribution in [0.1, 0.15) is 24.8 Å². The Bertz CT molecular complexity index is 456. The predicted molar refractivity (Wildman–Crippen MR) is 64.1 cm³/mol. The normalized spacial score (nSPS) is 12.7. The van der Waals surface area contributed by atoms with Crippen molar-refractivity contribution >= 4 is 27.3 Å². The number of thiophene rings is 1. The zero-order chi connectivity index (χ0) is 10.8. The molecule has 78 valence electrons. The largest absolute Gasteiger partial charge is 0.349 e. The first kappa shape index (κ1) is 10.2. The van der Waals surface area contributed by atoms with Crippen LogP contribution in [0.3, 0.4) is 0 Å². The van der Waals surface area contributed by atoms with E-state index in [0.717, 1.165) is 0 Å². The molecule has 0 aliphatic rings. The highest BCUT2D eigenvalue weighted by Gasteiger charge is 2.09. The molecule has 0 aliphatic heterocycles. The molecule has 2 aromatic rings. The summed E-state index contributed by atoms with van der Waals surface area (Å²) in [5.41, 5.74) is 0. The molecule has 2 nitrogen and oxygen atoms in total. The number of rotatable bonds is 2. The zero-order valence-corrected chi connectivity index (χ0v) is 9.60. The highest BCUT2D eigenvalue weighted by Crippen LogP contribution is 2.29. The first-order chi connectivity index (χ1) is 7.16. The second-order valence-corrected chi connectivity index (χ2v) is 4.72. The van der Waals surface area contributed by atoms with E-state index in [-0.39, 0.29) is 11.9 Å². The minimum Gasteiger partial charge on any atom is -0.349 e. The van der Waals surface area contributed by atoms with E-state index in [1.165, 1.54) is 15.0 Å². The maximum absolute atomic E-state index is 10.9. The fourth-order valence-corrected chi connectivity index (χ4v) is 2.66. The lowest BCUT2D eigenvalue weighted by Gasteiger charge is -2.09. The summed E-state index contributed by atoms with van der Waals surface area (Å²) in [6.45, 7) is 3.55. The quantitative estimate of drug-likeness (QED) is 0.826. The van der Waals surface area contributed by atoms with Crippen molar-refractivity contribution < 1.29 is 4.79 Å². The Morgan fingerprint density at radius 1 is 1.40 bits per heavy atom. The van der Waals surface area contributed by atoms with Gasteiger partial charge in [-0.15, -0.1) is 11.3 Å². The molecule has 1 aromatic carbocycles. The molecule has 1 N–H and O–H groups in total. The van der Waals surface area contributed by atoms with Crippen LogP contribution in [0.2, 0.25) is 0 Å². The third-order valence-electron chi connectivity index (χ3n) is 2.29. The zero-order valence-electron chi connectivity index (χ0n) is 8.78. The van der Waals surface area contributed by atoms with Crippen LogP contribution >= 0.6 is 11.3 Å². The van der Waals surface area contributed by atoms with Gasteiger partial charge in [0, 0.05) is 16.5 Å². The van der Waals surface area contributed by atoms with Gasteiger partial charge in [-0.1, -0.05) is 18.2 Å². The molecule has 1 unspecified atom stereocenters. The van der Waals surface area contributed by atoms with Crippen LogP contribution in [0.25, 0.3) is 10.1 Å². The van der Waals surface area contributed by atoms with Crippen molar-refractivity contribution in [3.05, 3.63) is 35.2 Å². The number of fused-ring (bicyclic) bond motifs is 1. The van der Waals surface area contributed by atoms with Crippen LogP contribution in [0, 0.1) is 0 Å². The topological polar surface area (TPSA) is 29.1 Å². The van der Waals surface area contributed by atoms with Gasteiger partial charge in [0.25, 0.3) is 0 Å². The van der Waals surface area contributed by atoms with Crippen LogP contribution in [0.5, 0.6) is 0 Å². The van der Waals surface area contributed by atoms with E-state index in [1.54, 1.807) is 18.3 Å². The van der Waals surface area contributed by atoms with Crippen molar-refractivity contribution in [2.24, 2.45) is 0 Å². The molecule has 2 rings (SSSR count). The summed E-state index contributed by atoms with van der Waals surface area (Å²) >= 11 is 1.73. The van der Waals surface area contributed by atoms with Gasteiger partial charge in [0.05, 0.1) is 6.04 Å². The summed E-state index contributed by atoms with van der Waals surface area (Å²) in [7, 11) is 0. The van der Waals surface area contributed by atoms with E-state index >= 15 is 0 Å². The minimum absolute atomic E-state index is 0.0138. The summed E-state index contributed by atoms with van der Waals surface area (Å²) < 4.78 is 1.27. The highest BCUT2D eigenvalue weighted by molar-refractivity contribution is 7.19.